The fourth-order valence-corrected chi connectivity index (χ4v) is 3.20. The van der Waals surface area contributed by atoms with E-state index in [1.165, 1.54) is 5.56 Å². The van der Waals surface area contributed by atoms with Crippen molar-refractivity contribution in [3.63, 3.8) is 0 Å². The number of hydrogen-bond donors (Lipinski definition) is 1. The molecule has 2 atom stereocenters. The predicted molar refractivity (Wildman–Crippen MR) is 100.0 cm³/mol. The van der Waals surface area contributed by atoms with E-state index in [1.54, 1.807) is 6.20 Å². The number of aromatic nitrogens is 1. The van der Waals surface area contributed by atoms with Gasteiger partial charge in [0.25, 0.3) is 5.91 Å². The number of hydrogen-bond acceptors (Lipinski definition) is 3. The van der Waals surface area contributed by atoms with Crippen LogP contribution in [0, 0.1) is 6.92 Å². The molecule has 130 valence electrons. The van der Waals surface area contributed by atoms with Crippen molar-refractivity contribution in [2.75, 3.05) is 0 Å². The summed E-state index contributed by atoms with van der Waals surface area (Å²) in [6.07, 6.45) is 1.82. The van der Waals surface area contributed by atoms with E-state index in [0.29, 0.717) is 6.42 Å². The van der Waals surface area contributed by atoms with Crippen LogP contribution >= 0.6 is 0 Å². The van der Waals surface area contributed by atoms with Crippen molar-refractivity contribution in [1.82, 2.24) is 10.3 Å². The van der Waals surface area contributed by atoms with Crippen LogP contribution in [0.5, 0.6) is 5.75 Å². The van der Waals surface area contributed by atoms with Crippen LogP contribution in [0.25, 0.3) is 0 Å². The normalized spacial score (nSPS) is 16.4. The fraction of sp³-hybridized carbons (Fsp3) is 0.182. The van der Waals surface area contributed by atoms with Gasteiger partial charge < -0.3 is 10.1 Å². The zero-order valence-corrected chi connectivity index (χ0v) is 14.6. The van der Waals surface area contributed by atoms with Crippen molar-refractivity contribution >= 4 is 5.91 Å². The summed E-state index contributed by atoms with van der Waals surface area (Å²) in [6, 6.07) is 21.3. The summed E-state index contributed by atoms with van der Waals surface area (Å²) >= 11 is 0. The number of pyridine rings is 1. The second kappa shape index (κ2) is 7.00. The topological polar surface area (TPSA) is 51.2 Å². The Morgan fingerprint density at radius 3 is 2.58 bits per heavy atom. The number of para-hydroxylation sites is 1. The minimum atomic E-state index is -0.510. The number of nitrogens with one attached hydrogen (secondary N) is 1. The molecule has 4 nitrogen and oxygen atoms in total. The van der Waals surface area contributed by atoms with E-state index < -0.39 is 6.10 Å². The third-order valence-corrected chi connectivity index (χ3v) is 4.62. The molecule has 2 unspecified atom stereocenters. The number of carbonyl (C=O) groups excluding carboxylic acids is 1. The van der Waals surface area contributed by atoms with Gasteiger partial charge in [-0.3, -0.25) is 9.78 Å². The zero-order chi connectivity index (χ0) is 17.9. The molecule has 0 radical (unpaired) electrons. The first-order valence-electron chi connectivity index (χ1n) is 8.73. The lowest BCUT2D eigenvalue weighted by molar-refractivity contribution is -0.127. The number of aryl methyl sites for hydroxylation is 1. The van der Waals surface area contributed by atoms with E-state index in [0.717, 1.165) is 22.6 Å². The standard InChI is InChI=1S/C22H20N2O2/c1-15-9-11-16(12-10-15)21(18-7-4-5-13-23-18)24-22(25)20-14-17-6-2-3-8-19(17)26-20/h2-13,20-21H,14H2,1H3,(H,24,25). The summed E-state index contributed by atoms with van der Waals surface area (Å²) in [5.74, 6) is 0.662. The summed E-state index contributed by atoms with van der Waals surface area (Å²) < 4.78 is 5.83. The molecule has 1 amide bonds. The van der Waals surface area contributed by atoms with E-state index in [4.69, 9.17) is 4.74 Å². The number of amides is 1. The highest BCUT2D eigenvalue weighted by Crippen LogP contribution is 2.29. The molecule has 1 aliphatic heterocycles. The van der Waals surface area contributed by atoms with Gasteiger partial charge in [0.05, 0.1) is 11.7 Å². The molecule has 1 aromatic heterocycles. The second-order valence-corrected chi connectivity index (χ2v) is 6.53. The predicted octanol–water partition coefficient (Wildman–Crippen LogP) is 3.60. The largest absolute Gasteiger partial charge is 0.480 e. The number of ether oxygens (including phenoxy) is 1. The van der Waals surface area contributed by atoms with Crippen molar-refractivity contribution in [1.29, 1.82) is 0 Å². The van der Waals surface area contributed by atoms with E-state index in [9.17, 15) is 4.79 Å². The molecule has 26 heavy (non-hydrogen) atoms. The maximum absolute atomic E-state index is 12.9. The van der Waals surface area contributed by atoms with Crippen LogP contribution in [0.15, 0.2) is 72.9 Å². The van der Waals surface area contributed by atoms with Gasteiger partial charge >= 0.3 is 0 Å². The summed E-state index contributed by atoms with van der Waals surface area (Å²) in [7, 11) is 0. The van der Waals surface area contributed by atoms with Crippen LogP contribution in [0.4, 0.5) is 0 Å². The molecule has 0 saturated carbocycles. The zero-order valence-electron chi connectivity index (χ0n) is 14.6. The second-order valence-electron chi connectivity index (χ2n) is 6.53. The summed E-state index contributed by atoms with van der Waals surface area (Å²) in [4.78, 5) is 17.3. The Hall–Kier alpha value is -3.14. The van der Waals surface area contributed by atoms with Crippen LogP contribution in [0.2, 0.25) is 0 Å². The third-order valence-electron chi connectivity index (χ3n) is 4.62. The van der Waals surface area contributed by atoms with E-state index in [-0.39, 0.29) is 11.9 Å². The number of carbonyl (C=O) groups is 1. The minimum Gasteiger partial charge on any atom is -0.480 e. The van der Waals surface area contributed by atoms with Crippen LogP contribution in [-0.2, 0) is 11.2 Å². The van der Waals surface area contributed by atoms with Crippen LogP contribution in [-0.4, -0.2) is 17.0 Å². The lowest BCUT2D eigenvalue weighted by Gasteiger charge is -2.21. The molecular formula is C22H20N2O2. The van der Waals surface area contributed by atoms with Gasteiger partial charge in [0.1, 0.15) is 5.75 Å². The van der Waals surface area contributed by atoms with Crippen LogP contribution in [0.1, 0.15) is 28.4 Å². The molecule has 0 saturated heterocycles. The number of fused-ring (bicyclic) bond motifs is 1. The molecule has 0 aliphatic carbocycles. The lowest BCUT2D eigenvalue weighted by atomic mass is 10.0. The Morgan fingerprint density at radius 2 is 1.85 bits per heavy atom. The van der Waals surface area contributed by atoms with Crippen molar-refractivity contribution in [2.45, 2.75) is 25.5 Å². The molecular weight excluding hydrogens is 324 g/mol. The quantitative estimate of drug-likeness (QED) is 0.787. The molecule has 4 rings (SSSR count). The van der Waals surface area contributed by atoms with Gasteiger partial charge in [-0.15, -0.1) is 0 Å². The van der Waals surface area contributed by atoms with E-state index in [1.807, 2.05) is 73.7 Å². The smallest absolute Gasteiger partial charge is 0.262 e. The maximum Gasteiger partial charge on any atom is 0.262 e. The van der Waals surface area contributed by atoms with Crippen molar-refractivity contribution in [2.24, 2.45) is 0 Å². The molecule has 1 aliphatic rings. The highest BCUT2D eigenvalue weighted by molar-refractivity contribution is 5.83. The average molecular weight is 344 g/mol. The first kappa shape index (κ1) is 16.3. The maximum atomic E-state index is 12.9. The van der Waals surface area contributed by atoms with Gasteiger partial charge in [-0.05, 0) is 36.2 Å². The molecule has 1 N–H and O–H groups in total. The number of nitrogens with zero attached hydrogens (tertiary/aromatic N) is 1. The Morgan fingerprint density at radius 1 is 1.08 bits per heavy atom. The molecule has 0 spiro atoms. The van der Waals surface area contributed by atoms with Gasteiger partial charge in [-0.2, -0.15) is 0 Å². The van der Waals surface area contributed by atoms with Crippen molar-refractivity contribution < 1.29 is 9.53 Å². The average Bonchev–Trinajstić information content (AvgIpc) is 3.12. The molecule has 2 heterocycles. The van der Waals surface area contributed by atoms with Gasteiger partial charge in [0.2, 0.25) is 0 Å². The SMILES string of the molecule is Cc1ccc(C(NC(=O)C2Cc3ccccc3O2)c2ccccn2)cc1. The molecule has 2 aromatic carbocycles. The van der Waals surface area contributed by atoms with E-state index >= 15 is 0 Å². The third kappa shape index (κ3) is 3.31. The molecule has 0 fully saturated rings. The van der Waals surface area contributed by atoms with Crippen molar-refractivity contribution in [3.8, 4) is 5.75 Å². The highest BCUT2D eigenvalue weighted by Gasteiger charge is 2.31. The Kier molecular flexibility index (Phi) is 4.40. The lowest BCUT2D eigenvalue weighted by Crippen LogP contribution is -2.40. The monoisotopic (exact) mass is 344 g/mol. The van der Waals surface area contributed by atoms with Crippen LogP contribution < -0.4 is 10.1 Å². The summed E-state index contributed by atoms with van der Waals surface area (Å²) in [5.41, 5.74) is 4.05. The molecule has 3 aromatic rings. The van der Waals surface area contributed by atoms with Gasteiger partial charge in [0, 0.05) is 12.6 Å². The van der Waals surface area contributed by atoms with E-state index in [2.05, 4.69) is 10.3 Å². The number of rotatable bonds is 4. The fourth-order valence-electron chi connectivity index (χ4n) is 3.20. The first-order chi connectivity index (χ1) is 12.7. The molecule has 4 heteroatoms. The Balaban J connectivity index is 1.57. The first-order valence-corrected chi connectivity index (χ1v) is 8.73. The van der Waals surface area contributed by atoms with Crippen LogP contribution in [0.3, 0.4) is 0 Å². The number of benzene rings is 2. The van der Waals surface area contributed by atoms with Gasteiger partial charge in [-0.1, -0.05) is 54.1 Å². The summed E-state index contributed by atoms with van der Waals surface area (Å²) in [6.45, 7) is 2.04. The van der Waals surface area contributed by atoms with Gasteiger partial charge in [0.15, 0.2) is 6.10 Å². The van der Waals surface area contributed by atoms with Gasteiger partial charge in [-0.25, -0.2) is 0 Å². The highest BCUT2D eigenvalue weighted by atomic mass is 16.5. The summed E-state index contributed by atoms with van der Waals surface area (Å²) in [5, 5.41) is 3.12. The Labute approximate surface area is 152 Å². The minimum absolute atomic E-state index is 0.127. The Bertz CT molecular complexity index is 882. The van der Waals surface area contributed by atoms with Crippen molar-refractivity contribution in [3.05, 3.63) is 95.3 Å². The molecule has 0 bridgehead atoms.